The van der Waals surface area contributed by atoms with Gasteiger partial charge in [-0.1, -0.05) is 23.9 Å². The van der Waals surface area contributed by atoms with Gasteiger partial charge in [0, 0.05) is 16.5 Å². The SMILES string of the molecule is COc1ccc(-c2csc3ncnc(SC(C)C(=O)Nc4cc(C=O)ccc4O)c23)cc1. The van der Waals surface area contributed by atoms with Crippen LogP contribution in [0.25, 0.3) is 21.3 Å². The molecule has 2 aromatic heterocycles. The molecule has 0 bridgehead atoms. The molecular weight excluding hydrogens is 446 g/mol. The van der Waals surface area contributed by atoms with Gasteiger partial charge in [0.15, 0.2) is 0 Å². The number of hydrogen-bond acceptors (Lipinski definition) is 8. The fraction of sp³-hybridized carbons (Fsp3) is 0.130. The molecule has 0 aliphatic rings. The monoisotopic (exact) mass is 465 g/mol. The van der Waals surface area contributed by atoms with Gasteiger partial charge in [-0.25, -0.2) is 9.97 Å². The molecular formula is C23H19N3O4S2. The van der Waals surface area contributed by atoms with E-state index in [1.54, 1.807) is 14.0 Å². The van der Waals surface area contributed by atoms with Gasteiger partial charge >= 0.3 is 0 Å². The summed E-state index contributed by atoms with van der Waals surface area (Å²) < 4.78 is 5.24. The van der Waals surface area contributed by atoms with Crippen molar-refractivity contribution < 1.29 is 19.4 Å². The van der Waals surface area contributed by atoms with Gasteiger partial charge in [-0.05, 0) is 42.8 Å². The topological polar surface area (TPSA) is 101 Å². The molecule has 0 radical (unpaired) electrons. The maximum absolute atomic E-state index is 12.8. The van der Waals surface area contributed by atoms with E-state index in [-0.39, 0.29) is 17.3 Å². The lowest BCUT2D eigenvalue weighted by Crippen LogP contribution is -2.22. The molecule has 32 heavy (non-hydrogen) atoms. The van der Waals surface area contributed by atoms with Crippen LogP contribution in [0.3, 0.4) is 0 Å². The first-order chi connectivity index (χ1) is 15.5. The highest BCUT2D eigenvalue weighted by Crippen LogP contribution is 2.39. The van der Waals surface area contributed by atoms with Crippen molar-refractivity contribution in [3.8, 4) is 22.6 Å². The number of ether oxygens (including phenoxy) is 1. The second-order valence-corrected chi connectivity index (χ2v) is 9.07. The average Bonchev–Trinajstić information content (AvgIpc) is 3.25. The van der Waals surface area contributed by atoms with E-state index in [9.17, 15) is 14.7 Å². The Morgan fingerprint density at radius 1 is 1.22 bits per heavy atom. The van der Waals surface area contributed by atoms with Gasteiger partial charge < -0.3 is 15.2 Å². The summed E-state index contributed by atoms with van der Waals surface area (Å²) in [6, 6.07) is 12.0. The number of thiophene rings is 1. The lowest BCUT2D eigenvalue weighted by molar-refractivity contribution is -0.115. The Hall–Kier alpha value is -3.43. The third-order valence-corrected chi connectivity index (χ3v) is 6.80. The number of nitrogens with one attached hydrogen (secondary N) is 1. The summed E-state index contributed by atoms with van der Waals surface area (Å²) in [5.41, 5.74) is 2.54. The second kappa shape index (κ2) is 9.37. The zero-order valence-corrected chi connectivity index (χ0v) is 18.9. The maximum Gasteiger partial charge on any atom is 0.237 e. The smallest absolute Gasteiger partial charge is 0.237 e. The van der Waals surface area contributed by atoms with Gasteiger partial charge in [0.25, 0.3) is 0 Å². The number of phenolic OH excluding ortho intramolecular Hbond substituents is 1. The minimum absolute atomic E-state index is 0.106. The molecule has 0 aliphatic carbocycles. The Balaban J connectivity index is 1.60. The van der Waals surface area contributed by atoms with Crippen molar-refractivity contribution in [1.29, 1.82) is 0 Å². The van der Waals surface area contributed by atoms with Gasteiger partial charge in [-0.3, -0.25) is 9.59 Å². The highest BCUT2D eigenvalue weighted by atomic mass is 32.2. The molecule has 162 valence electrons. The predicted octanol–water partition coefficient (Wildman–Crippen LogP) is 5.00. The molecule has 4 aromatic rings. The fourth-order valence-electron chi connectivity index (χ4n) is 3.10. The minimum atomic E-state index is -0.518. The number of aromatic hydroxyl groups is 1. The number of carbonyl (C=O) groups is 2. The molecule has 1 unspecified atom stereocenters. The van der Waals surface area contributed by atoms with Crippen molar-refractivity contribution >= 4 is 51.2 Å². The van der Waals surface area contributed by atoms with Crippen LogP contribution in [-0.4, -0.2) is 39.6 Å². The van der Waals surface area contributed by atoms with Gasteiger partial charge in [0.05, 0.1) is 23.4 Å². The number of hydrogen-bond donors (Lipinski definition) is 2. The number of aromatic nitrogens is 2. The van der Waals surface area contributed by atoms with Crippen LogP contribution in [0.15, 0.2) is 59.2 Å². The molecule has 0 spiro atoms. The predicted molar refractivity (Wildman–Crippen MR) is 127 cm³/mol. The summed E-state index contributed by atoms with van der Waals surface area (Å²) in [6.07, 6.45) is 2.14. The van der Waals surface area contributed by atoms with E-state index in [1.165, 1.54) is 47.6 Å². The van der Waals surface area contributed by atoms with Crippen molar-refractivity contribution in [2.24, 2.45) is 0 Å². The van der Waals surface area contributed by atoms with E-state index in [0.717, 1.165) is 27.1 Å². The van der Waals surface area contributed by atoms with Crippen molar-refractivity contribution in [2.75, 3.05) is 12.4 Å². The number of fused-ring (bicyclic) bond motifs is 1. The lowest BCUT2D eigenvalue weighted by atomic mass is 10.1. The fourth-order valence-corrected chi connectivity index (χ4v) is 5.02. The number of anilines is 1. The Morgan fingerprint density at radius 2 is 2.00 bits per heavy atom. The second-order valence-electron chi connectivity index (χ2n) is 6.88. The van der Waals surface area contributed by atoms with Crippen molar-refractivity contribution in [1.82, 2.24) is 9.97 Å². The number of rotatable bonds is 7. The summed E-state index contributed by atoms with van der Waals surface area (Å²) >= 11 is 2.82. The Bertz CT molecular complexity index is 1290. The molecule has 0 fully saturated rings. The maximum atomic E-state index is 12.8. The van der Waals surface area contributed by atoms with Crippen LogP contribution in [0, 0.1) is 0 Å². The highest BCUT2D eigenvalue weighted by molar-refractivity contribution is 8.00. The number of phenols is 1. The number of aldehydes is 1. The molecule has 1 atom stereocenters. The van der Waals surface area contributed by atoms with Gasteiger partial charge in [0.1, 0.15) is 34.0 Å². The van der Waals surface area contributed by atoms with Crippen molar-refractivity contribution in [3.05, 3.63) is 59.7 Å². The van der Waals surface area contributed by atoms with Gasteiger partial charge in [-0.2, -0.15) is 0 Å². The Labute approximate surface area is 192 Å². The first kappa shape index (κ1) is 21.8. The first-order valence-electron chi connectivity index (χ1n) is 9.62. The number of nitrogens with zero attached hydrogens (tertiary/aromatic N) is 2. The van der Waals surface area contributed by atoms with Crippen molar-refractivity contribution in [2.45, 2.75) is 17.2 Å². The van der Waals surface area contributed by atoms with Gasteiger partial charge in [-0.15, -0.1) is 11.3 Å². The summed E-state index contributed by atoms with van der Waals surface area (Å²) in [5, 5.41) is 15.8. The molecule has 2 heterocycles. The van der Waals surface area contributed by atoms with E-state index in [2.05, 4.69) is 15.3 Å². The standard InChI is InChI=1S/C23H19N3O4S2/c1-13(21(29)26-18-9-14(10-27)3-8-19(18)28)32-23-20-17(11-31-22(20)24-12-25-23)15-4-6-16(30-2)7-5-15/h3-13,28H,1-2H3,(H,26,29). The quantitative estimate of drug-likeness (QED) is 0.171. The largest absolute Gasteiger partial charge is 0.506 e. The van der Waals surface area contributed by atoms with E-state index in [1.807, 2.05) is 29.6 Å². The molecule has 0 aliphatic heterocycles. The molecule has 1 amide bonds. The first-order valence-corrected chi connectivity index (χ1v) is 11.4. The molecule has 4 rings (SSSR count). The summed E-state index contributed by atoms with van der Waals surface area (Å²) in [7, 11) is 1.62. The van der Waals surface area contributed by atoms with Crippen molar-refractivity contribution in [3.63, 3.8) is 0 Å². The summed E-state index contributed by atoms with van der Waals surface area (Å²) in [6.45, 7) is 1.76. The van der Waals surface area contributed by atoms with E-state index >= 15 is 0 Å². The minimum Gasteiger partial charge on any atom is -0.506 e. The number of methoxy groups -OCH3 is 1. The van der Waals surface area contributed by atoms with Crippen LogP contribution in [0.4, 0.5) is 5.69 Å². The zero-order valence-electron chi connectivity index (χ0n) is 17.2. The molecule has 0 saturated heterocycles. The molecule has 2 N–H and O–H groups in total. The normalized spacial score (nSPS) is 11.8. The third kappa shape index (κ3) is 4.44. The number of benzene rings is 2. The van der Waals surface area contributed by atoms with Crippen LogP contribution in [0.1, 0.15) is 17.3 Å². The van der Waals surface area contributed by atoms with E-state index in [4.69, 9.17) is 4.74 Å². The number of carbonyl (C=O) groups excluding carboxylic acids is 2. The Morgan fingerprint density at radius 3 is 2.72 bits per heavy atom. The number of amides is 1. The molecule has 9 heteroatoms. The van der Waals surface area contributed by atoms with Crippen LogP contribution >= 0.6 is 23.1 Å². The van der Waals surface area contributed by atoms with Gasteiger partial charge in [0.2, 0.25) is 5.91 Å². The van der Waals surface area contributed by atoms with E-state index in [0.29, 0.717) is 16.9 Å². The van der Waals surface area contributed by atoms with Crippen LogP contribution in [-0.2, 0) is 4.79 Å². The molecule has 0 saturated carbocycles. The van der Waals surface area contributed by atoms with Crippen LogP contribution < -0.4 is 10.1 Å². The lowest BCUT2D eigenvalue weighted by Gasteiger charge is -2.14. The number of thioether (sulfide) groups is 1. The Kier molecular flexibility index (Phi) is 6.38. The molecule has 2 aromatic carbocycles. The zero-order chi connectivity index (χ0) is 22.7. The molecule has 7 nitrogen and oxygen atoms in total. The van der Waals surface area contributed by atoms with E-state index < -0.39 is 5.25 Å². The third-order valence-electron chi connectivity index (χ3n) is 4.81. The highest BCUT2D eigenvalue weighted by Gasteiger charge is 2.21. The summed E-state index contributed by atoms with van der Waals surface area (Å²) in [5.74, 6) is 0.345. The summed E-state index contributed by atoms with van der Waals surface area (Å²) in [4.78, 5) is 33.4. The average molecular weight is 466 g/mol. The van der Waals surface area contributed by atoms with Crippen LogP contribution in [0.2, 0.25) is 0 Å². The van der Waals surface area contributed by atoms with Crippen LogP contribution in [0.5, 0.6) is 11.5 Å².